The van der Waals surface area contributed by atoms with Crippen LogP contribution < -0.4 is 0 Å². The van der Waals surface area contributed by atoms with Crippen molar-refractivity contribution in [3.63, 3.8) is 0 Å². The minimum absolute atomic E-state index is 0.136. The number of fused-ring (bicyclic) bond motifs is 1. The molecule has 0 aromatic heterocycles. The highest BCUT2D eigenvalue weighted by atomic mass is 19.4. The van der Waals surface area contributed by atoms with Crippen molar-refractivity contribution >= 4 is 0 Å². The van der Waals surface area contributed by atoms with Crippen LogP contribution in [-0.4, -0.2) is 0 Å². The fraction of sp³-hybridized carbons (Fsp3) is 0.407. The maximum atomic E-state index is 13.6. The smallest absolute Gasteiger partial charge is 0.166 e. The molecule has 1 radical (unpaired) electrons. The lowest BCUT2D eigenvalue weighted by Crippen LogP contribution is -2.43. The summed E-state index contributed by atoms with van der Waals surface area (Å²) in [6, 6.07) is 9.98. The molecule has 0 saturated heterocycles. The van der Waals surface area contributed by atoms with Crippen molar-refractivity contribution < 1.29 is 26.3 Å². The van der Waals surface area contributed by atoms with Crippen LogP contribution in [-0.2, 0) is 17.8 Å². The van der Waals surface area contributed by atoms with Gasteiger partial charge < -0.3 is 0 Å². The number of benzene rings is 2. The summed E-state index contributed by atoms with van der Waals surface area (Å²) in [7, 11) is 0. The van der Waals surface area contributed by atoms with E-state index in [0.717, 1.165) is 48.3 Å². The summed E-state index contributed by atoms with van der Waals surface area (Å²) in [5.74, 6) is -0.136. The lowest BCUT2D eigenvalue weighted by atomic mass is 9.51. The SMILES string of the molecule is CCCC1[C]=C2C(C(C)(C)C)=C1C2(c1cccc(C(F)(F)F)c1)c1cccc(C(F)(F)F)c1. The van der Waals surface area contributed by atoms with Crippen molar-refractivity contribution in [1.29, 1.82) is 0 Å². The van der Waals surface area contributed by atoms with Gasteiger partial charge in [0.05, 0.1) is 16.5 Å². The molecule has 175 valence electrons. The zero-order valence-electron chi connectivity index (χ0n) is 18.9. The Labute approximate surface area is 190 Å². The molecule has 0 fully saturated rings. The van der Waals surface area contributed by atoms with Gasteiger partial charge in [0.1, 0.15) is 0 Å². The number of allylic oxidation sites excluding steroid dienone is 4. The van der Waals surface area contributed by atoms with Crippen molar-refractivity contribution in [2.45, 2.75) is 58.3 Å². The third-order valence-electron chi connectivity index (χ3n) is 6.54. The van der Waals surface area contributed by atoms with Crippen molar-refractivity contribution in [3.05, 3.63) is 93.6 Å². The molecule has 6 heteroatoms. The van der Waals surface area contributed by atoms with Crippen molar-refractivity contribution in [2.24, 2.45) is 11.3 Å². The van der Waals surface area contributed by atoms with Gasteiger partial charge in [-0.25, -0.2) is 0 Å². The number of hydrogen-bond acceptors (Lipinski definition) is 0. The van der Waals surface area contributed by atoms with Crippen LogP contribution in [0, 0.1) is 17.4 Å². The van der Waals surface area contributed by atoms with Crippen LogP contribution in [0.1, 0.15) is 62.8 Å². The Hall–Kier alpha value is -2.50. The summed E-state index contributed by atoms with van der Waals surface area (Å²) in [5, 5.41) is 0. The van der Waals surface area contributed by atoms with Crippen LogP contribution in [0.15, 0.2) is 65.3 Å². The molecule has 5 rings (SSSR count). The predicted molar refractivity (Wildman–Crippen MR) is 115 cm³/mol. The first-order chi connectivity index (χ1) is 15.2. The lowest BCUT2D eigenvalue weighted by molar-refractivity contribution is -0.138. The van der Waals surface area contributed by atoms with E-state index < -0.39 is 28.9 Å². The van der Waals surface area contributed by atoms with Gasteiger partial charge in [0, 0.05) is 5.92 Å². The van der Waals surface area contributed by atoms with Gasteiger partial charge in [-0.3, -0.25) is 0 Å². The Morgan fingerprint density at radius 2 is 1.30 bits per heavy atom. The van der Waals surface area contributed by atoms with E-state index in [-0.39, 0.29) is 11.3 Å². The molecule has 2 aromatic rings. The molecule has 2 aromatic carbocycles. The standard InChI is InChI=1S/C27H25F6/c1-5-8-16-13-21-23(24(2,3)4)22(16)25(21,17-9-6-11-19(14-17)26(28,29)30)18-10-7-12-20(15-18)27(31,32)33/h6-7,9-12,14-16H,5,8H2,1-4H3. The predicted octanol–water partition coefficient (Wildman–Crippen LogP) is 8.53. The van der Waals surface area contributed by atoms with Gasteiger partial charge in [0.25, 0.3) is 0 Å². The molecule has 0 nitrogen and oxygen atoms in total. The maximum Gasteiger partial charge on any atom is 0.416 e. The van der Waals surface area contributed by atoms with Gasteiger partial charge in [-0.1, -0.05) is 70.5 Å². The first-order valence-corrected chi connectivity index (χ1v) is 11.0. The molecule has 0 N–H and O–H groups in total. The molecule has 33 heavy (non-hydrogen) atoms. The fourth-order valence-corrected chi connectivity index (χ4v) is 5.35. The summed E-state index contributed by atoms with van der Waals surface area (Å²) >= 11 is 0. The number of alkyl halides is 6. The van der Waals surface area contributed by atoms with Crippen LogP contribution in [0.4, 0.5) is 26.3 Å². The molecule has 0 amide bonds. The van der Waals surface area contributed by atoms with Gasteiger partial charge >= 0.3 is 12.4 Å². The van der Waals surface area contributed by atoms with E-state index in [9.17, 15) is 26.3 Å². The molecule has 1 unspecified atom stereocenters. The van der Waals surface area contributed by atoms with Gasteiger partial charge in [0.2, 0.25) is 0 Å². The van der Waals surface area contributed by atoms with Gasteiger partial charge in [0.15, 0.2) is 0 Å². The van der Waals surface area contributed by atoms with Crippen molar-refractivity contribution in [1.82, 2.24) is 0 Å². The fourth-order valence-electron chi connectivity index (χ4n) is 5.35. The Kier molecular flexibility index (Phi) is 5.38. The summed E-state index contributed by atoms with van der Waals surface area (Å²) in [4.78, 5) is 0. The van der Waals surface area contributed by atoms with Crippen LogP contribution >= 0.6 is 0 Å². The van der Waals surface area contributed by atoms with Crippen molar-refractivity contribution in [2.75, 3.05) is 0 Å². The molecule has 1 atom stereocenters. The first kappa shape index (κ1) is 23.7. The largest absolute Gasteiger partial charge is 0.416 e. The normalized spacial score (nSPS) is 20.1. The number of halogens is 6. The Balaban J connectivity index is 2.04. The van der Waals surface area contributed by atoms with E-state index in [1.807, 2.05) is 27.7 Å². The Bertz CT molecular complexity index is 1080. The van der Waals surface area contributed by atoms with Crippen molar-refractivity contribution in [3.8, 4) is 0 Å². The van der Waals surface area contributed by atoms with Crippen LogP contribution in [0.5, 0.6) is 0 Å². The highest BCUT2D eigenvalue weighted by molar-refractivity contribution is 5.77. The summed E-state index contributed by atoms with van der Waals surface area (Å²) < 4.78 is 81.5. The zero-order valence-corrected chi connectivity index (χ0v) is 18.9. The molecule has 3 aliphatic carbocycles. The third-order valence-corrected chi connectivity index (χ3v) is 6.54. The van der Waals surface area contributed by atoms with Crippen LogP contribution in [0.3, 0.4) is 0 Å². The highest BCUT2D eigenvalue weighted by Crippen LogP contribution is 2.68. The molecule has 0 saturated carbocycles. The minimum atomic E-state index is -4.56. The first-order valence-electron chi connectivity index (χ1n) is 11.0. The van der Waals surface area contributed by atoms with Gasteiger partial charge in [-0.2, -0.15) is 26.3 Å². The molecule has 2 bridgehead atoms. The van der Waals surface area contributed by atoms with E-state index >= 15 is 0 Å². The number of rotatable bonds is 4. The zero-order chi connectivity index (χ0) is 24.4. The molecular weight excluding hydrogens is 438 g/mol. The topological polar surface area (TPSA) is 0 Å². The summed E-state index contributed by atoms with van der Waals surface area (Å²) in [6.45, 7) is 8.05. The van der Waals surface area contributed by atoms with Gasteiger partial charge in [-0.05, 0) is 57.9 Å². The maximum absolute atomic E-state index is 13.6. The van der Waals surface area contributed by atoms with Crippen LogP contribution in [0.25, 0.3) is 0 Å². The second kappa shape index (κ2) is 7.51. The monoisotopic (exact) mass is 463 g/mol. The van der Waals surface area contributed by atoms with E-state index in [0.29, 0.717) is 16.7 Å². The molecule has 0 heterocycles. The van der Waals surface area contributed by atoms with E-state index in [4.69, 9.17) is 0 Å². The second-order valence-corrected chi connectivity index (χ2v) is 9.81. The lowest BCUT2D eigenvalue weighted by Gasteiger charge is -2.51. The molecule has 0 aliphatic heterocycles. The summed E-state index contributed by atoms with van der Waals surface area (Å²) in [6.07, 6.45) is -4.09. The second-order valence-electron chi connectivity index (χ2n) is 9.81. The third kappa shape index (κ3) is 3.62. The average molecular weight is 463 g/mol. The number of hydrogen-bond donors (Lipinski definition) is 0. The molecule has 3 aliphatic rings. The van der Waals surface area contributed by atoms with Gasteiger partial charge in [-0.15, -0.1) is 0 Å². The quantitative estimate of drug-likeness (QED) is 0.399. The van der Waals surface area contributed by atoms with Crippen LogP contribution in [0.2, 0.25) is 0 Å². The molecule has 0 spiro atoms. The van der Waals surface area contributed by atoms with E-state index in [1.54, 1.807) is 12.1 Å². The molecular formula is C27H25F6. The highest BCUT2D eigenvalue weighted by Gasteiger charge is 2.60. The Morgan fingerprint density at radius 3 is 1.70 bits per heavy atom. The average Bonchev–Trinajstić information content (AvgIpc) is 3.23. The van der Waals surface area contributed by atoms with E-state index in [1.165, 1.54) is 12.1 Å². The summed E-state index contributed by atoms with van der Waals surface area (Å²) in [5.41, 5.74) is 0.147. The minimum Gasteiger partial charge on any atom is -0.166 e. The van der Waals surface area contributed by atoms with E-state index in [2.05, 4.69) is 6.08 Å². The Morgan fingerprint density at radius 1 is 0.818 bits per heavy atom.